The highest BCUT2D eigenvalue weighted by Gasteiger charge is 2.27. The third-order valence-electron chi connectivity index (χ3n) is 3.23. The molecule has 0 aliphatic rings. The molecule has 2 amide bonds. The van der Waals surface area contributed by atoms with Crippen molar-refractivity contribution in [2.24, 2.45) is 0 Å². The van der Waals surface area contributed by atoms with Crippen molar-refractivity contribution in [2.75, 3.05) is 26.9 Å². The lowest BCUT2D eigenvalue weighted by Gasteiger charge is -2.21. The first-order valence-corrected chi connectivity index (χ1v) is 8.00. The summed E-state index contributed by atoms with van der Waals surface area (Å²) in [4.78, 5) is 56.5. The monoisotopic (exact) mass is 392 g/mol. The van der Waals surface area contributed by atoms with Crippen LogP contribution in [0.4, 0.5) is 0 Å². The van der Waals surface area contributed by atoms with Crippen molar-refractivity contribution in [3.8, 4) is 0 Å². The van der Waals surface area contributed by atoms with Gasteiger partial charge in [0.15, 0.2) is 0 Å². The fourth-order valence-electron chi connectivity index (χ4n) is 1.88. The molecule has 0 heterocycles. The Bertz CT molecular complexity index is 537. The largest absolute Gasteiger partial charge is 0.481 e. The van der Waals surface area contributed by atoms with E-state index in [0.717, 1.165) is 0 Å². The molecule has 12 nitrogen and oxygen atoms in total. The first kappa shape index (κ1) is 24.3. The van der Waals surface area contributed by atoms with E-state index in [9.17, 15) is 24.0 Å². The fraction of sp³-hybridized carbons (Fsp3) is 0.667. The van der Waals surface area contributed by atoms with Crippen molar-refractivity contribution < 1.29 is 48.8 Å². The first-order chi connectivity index (χ1) is 12.7. The maximum Gasteiger partial charge on any atom is 0.326 e. The quantitative estimate of drug-likeness (QED) is 0.204. The lowest BCUT2D eigenvalue weighted by Crippen LogP contribution is -2.52. The van der Waals surface area contributed by atoms with Crippen molar-refractivity contribution in [3.05, 3.63) is 0 Å². The molecule has 0 fully saturated rings. The van der Waals surface area contributed by atoms with Crippen molar-refractivity contribution in [1.82, 2.24) is 10.6 Å². The van der Waals surface area contributed by atoms with E-state index in [0.29, 0.717) is 0 Å². The number of nitrogens with one attached hydrogen (secondary N) is 2. The average molecular weight is 392 g/mol. The summed E-state index contributed by atoms with van der Waals surface area (Å²) in [6.07, 6.45) is -1.58. The van der Waals surface area contributed by atoms with Gasteiger partial charge >= 0.3 is 17.9 Å². The molecule has 27 heavy (non-hydrogen) atoms. The average Bonchev–Trinajstić information content (AvgIpc) is 2.58. The van der Waals surface area contributed by atoms with Crippen LogP contribution in [-0.4, -0.2) is 84.1 Å². The van der Waals surface area contributed by atoms with Crippen molar-refractivity contribution in [2.45, 2.75) is 37.8 Å². The van der Waals surface area contributed by atoms with E-state index in [1.807, 2.05) is 0 Å². The predicted molar refractivity (Wildman–Crippen MR) is 87.9 cm³/mol. The van der Waals surface area contributed by atoms with Gasteiger partial charge in [-0.15, -0.1) is 0 Å². The molecule has 0 aromatic rings. The molecule has 0 bridgehead atoms. The van der Waals surface area contributed by atoms with Gasteiger partial charge in [0.25, 0.3) is 0 Å². The third-order valence-corrected chi connectivity index (χ3v) is 3.23. The normalized spacial score (nSPS) is 12.6. The summed E-state index contributed by atoms with van der Waals surface area (Å²) in [5, 5.41) is 30.8. The highest BCUT2D eigenvalue weighted by Crippen LogP contribution is 2.03. The van der Waals surface area contributed by atoms with Crippen LogP contribution in [0.5, 0.6) is 0 Å². The van der Waals surface area contributed by atoms with E-state index in [2.05, 4.69) is 10.6 Å². The lowest BCUT2D eigenvalue weighted by molar-refractivity contribution is -0.144. The SMILES string of the molecule is COCCOCC(=O)NC(CCC(=O)O)C(=O)NC(CCC(=O)O)C(=O)O. The molecule has 0 aromatic carbocycles. The molecular weight excluding hydrogens is 368 g/mol. The molecule has 0 radical (unpaired) electrons. The zero-order valence-electron chi connectivity index (χ0n) is 14.8. The molecule has 2 atom stereocenters. The van der Waals surface area contributed by atoms with E-state index >= 15 is 0 Å². The number of carboxylic acids is 3. The molecule has 0 spiro atoms. The molecule has 0 saturated heterocycles. The summed E-state index contributed by atoms with van der Waals surface area (Å²) in [5.41, 5.74) is 0. The highest BCUT2D eigenvalue weighted by molar-refractivity contribution is 5.91. The molecule has 0 aliphatic carbocycles. The van der Waals surface area contributed by atoms with Crippen LogP contribution in [0.1, 0.15) is 25.7 Å². The minimum atomic E-state index is -1.49. The van der Waals surface area contributed by atoms with Gasteiger partial charge in [0.2, 0.25) is 11.8 Å². The van der Waals surface area contributed by atoms with Crippen LogP contribution in [-0.2, 0) is 33.4 Å². The zero-order chi connectivity index (χ0) is 20.8. The number of methoxy groups -OCH3 is 1. The number of carbonyl (C=O) groups excluding carboxylic acids is 2. The molecule has 0 rings (SSSR count). The van der Waals surface area contributed by atoms with Crippen LogP contribution < -0.4 is 10.6 Å². The molecule has 12 heteroatoms. The minimum absolute atomic E-state index is 0.131. The second-order valence-corrected chi connectivity index (χ2v) is 5.43. The van der Waals surface area contributed by atoms with E-state index in [1.54, 1.807) is 0 Å². The molecule has 154 valence electrons. The van der Waals surface area contributed by atoms with Crippen LogP contribution in [0.15, 0.2) is 0 Å². The van der Waals surface area contributed by atoms with Crippen LogP contribution >= 0.6 is 0 Å². The molecule has 0 aromatic heterocycles. The standard InChI is InChI=1S/C15H24N2O10/c1-26-6-7-27-8-11(18)16-9(2-4-12(19)20)14(23)17-10(15(24)25)3-5-13(21)22/h9-10H,2-8H2,1H3,(H,16,18)(H,17,23)(H,19,20)(H,21,22)(H,24,25). The van der Waals surface area contributed by atoms with Gasteiger partial charge in [-0.1, -0.05) is 0 Å². The van der Waals surface area contributed by atoms with Crippen LogP contribution in [0.2, 0.25) is 0 Å². The van der Waals surface area contributed by atoms with Gasteiger partial charge in [-0.2, -0.15) is 0 Å². The molecule has 0 aliphatic heterocycles. The fourth-order valence-corrected chi connectivity index (χ4v) is 1.88. The Morgan fingerprint density at radius 3 is 1.89 bits per heavy atom. The topological polar surface area (TPSA) is 189 Å². The summed E-state index contributed by atoms with van der Waals surface area (Å²) >= 11 is 0. The van der Waals surface area contributed by atoms with Gasteiger partial charge in [-0.3, -0.25) is 19.2 Å². The number of amides is 2. The Kier molecular flexibility index (Phi) is 12.1. The maximum absolute atomic E-state index is 12.2. The molecular formula is C15H24N2O10. The summed E-state index contributed by atoms with van der Waals surface area (Å²) < 4.78 is 9.71. The number of carbonyl (C=O) groups is 5. The number of aliphatic carboxylic acids is 3. The smallest absolute Gasteiger partial charge is 0.326 e. The van der Waals surface area contributed by atoms with E-state index < -0.39 is 61.3 Å². The van der Waals surface area contributed by atoms with Gasteiger partial charge < -0.3 is 35.4 Å². The van der Waals surface area contributed by atoms with Gasteiger partial charge in [0.1, 0.15) is 18.7 Å². The number of ether oxygens (including phenoxy) is 2. The summed E-state index contributed by atoms with van der Waals surface area (Å²) in [7, 11) is 1.44. The van der Waals surface area contributed by atoms with E-state index in [-0.39, 0.29) is 26.1 Å². The molecule has 0 saturated carbocycles. The number of hydrogen-bond donors (Lipinski definition) is 5. The van der Waals surface area contributed by atoms with E-state index in [4.69, 9.17) is 24.8 Å². The molecule has 2 unspecified atom stereocenters. The summed E-state index contributed by atoms with van der Waals surface area (Å²) in [5.74, 6) is -5.53. The summed E-state index contributed by atoms with van der Waals surface area (Å²) in [6, 6.07) is -2.80. The number of rotatable bonds is 15. The van der Waals surface area contributed by atoms with Crippen LogP contribution in [0, 0.1) is 0 Å². The minimum Gasteiger partial charge on any atom is -0.481 e. The Labute approximate surface area is 154 Å². The van der Waals surface area contributed by atoms with Crippen LogP contribution in [0.3, 0.4) is 0 Å². The summed E-state index contributed by atoms with van der Waals surface area (Å²) in [6.45, 7) is -0.0200. The first-order valence-electron chi connectivity index (χ1n) is 8.00. The lowest BCUT2D eigenvalue weighted by atomic mass is 10.1. The Morgan fingerprint density at radius 2 is 1.41 bits per heavy atom. The van der Waals surface area contributed by atoms with Gasteiger partial charge in [-0.05, 0) is 12.8 Å². The maximum atomic E-state index is 12.2. The van der Waals surface area contributed by atoms with Gasteiger partial charge in [0, 0.05) is 20.0 Å². The molecule has 5 N–H and O–H groups in total. The number of hydrogen-bond acceptors (Lipinski definition) is 7. The van der Waals surface area contributed by atoms with Crippen molar-refractivity contribution in [3.63, 3.8) is 0 Å². The second kappa shape index (κ2) is 13.5. The zero-order valence-corrected chi connectivity index (χ0v) is 14.8. The second-order valence-electron chi connectivity index (χ2n) is 5.43. The van der Waals surface area contributed by atoms with Gasteiger partial charge in [0.05, 0.1) is 13.2 Å². The van der Waals surface area contributed by atoms with Gasteiger partial charge in [-0.25, -0.2) is 4.79 Å². The Hall–Kier alpha value is -2.73. The Balaban J connectivity index is 4.84. The van der Waals surface area contributed by atoms with Crippen molar-refractivity contribution in [1.29, 1.82) is 0 Å². The predicted octanol–water partition coefficient (Wildman–Crippen LogP) is -1.57. The Morgan fingerprint density at radius 1 is 0.852 bits per heavy atom. The van der Waals surface area contributed by atoms with Crippen molar-refractivity contribution >= 4 is 29.7 Å². The van der Waals surface area contributed by atoms with E-state index in [1.165, 1.54) is 7.11 Å². The highest BCUT2D eigenvalue weighted by atomic mass is 16.5. The van der Waals surface area contributed by atoms with Crippen LogP contribution in [0.25, 0.3) is 0 Å². The number of carboxylic acid groups (broad SMARTS) is 3. The third kappa shape index (κ3) is 12.3.